The Hall–Kier alpha value is -1.10. The lowest BCUT2D eigenvalue weighted by atomic mass is 10.1. The summed E-state index contributed by atoms with van der Waals surface area (Å²) in [4.78, 5) is 4.57. The van der Waals surface area contributed by atoms with Crippen LogP contribution in [0.3, 0.4) is 0 Å². The molecule has 4 nitrogen and oxygen atoms in total. The van der Waals surface area contributed by atoms with Gasteiger partial charge >= 0.3 is 0 Å². The fourth-order valence-corrected chi connectivity index (χ4v) is 2.28. The van der Waals surface area contributed by atoms with E-state index in [4.69, 9.17) is 22.7 Å². The van der Waals surface area contributed by atoms with Crippen LogP contribution in [0.5, 0.6) is 0 Å². The molecule has 0 unspecified atom stereocenters. The van der Waals surface area contributed by atoms with Crippen molar-refractivity contribution >= 4 is 17.4 Å². The van der Waals surface area contributed by atoms with Crippen LogP contribution in [-0.4, -0.2) is 49.4 Å². The predicted molar refractivity (Wildman–Crippen MR) is 86.6 cm³/mol. The molecule has 1 aromatic carbocycles. The van der Waals surface area contributed by atoms with Crippen molar-refractivity contribution in [2.45, 2.75) is 19.9 Å². The van der Waals surface area contributed by atoms with Crippen molar-refractivity contribution in [3.8, 4) is 0 Å². The number of nitrogen functional groups attached to an aromatic ring is 1. The lowest BCUT2D eigenvalue weighted by Crippen LogP contribution is -2.27. The Morgan fingerprint density at radius 3 is 2.50 bits per heavy atom. The number of nitrogens with zero attached hydrogens (tertiary/aromatic N) is 2. The van der Waals surface area contributed by atoms with E-state index in [2.05, 4.69) is 30.8 Å². The van der Waals surface area contributed by atoms with E-state index in [1.165, 1.54) is 0 Å². The van der Waals surface area contributed by atoms with Crippen LogP contribution in [-0.2, 0) is 6.54 Å². The van der Waals surface area contributed by atoms with Gasteiger partial charge in [0, 0.05) is 17.1 Å². The van der Waals surface area contributed by atoms with Crippen molar-refractivity contribution in [1.82, 2.24) is 9.80 Å². The summed E-state index contributed by atoms with van der Waals surface area (Å²) in [6.07, 6.45) is 1.14. The predicted octanol–water partition coefficient (Wildman–Crippen LogP) is 2.40. The molecule has 0 saturated heterocycles. The van der Waals surface area contributed by atoms with Gasteiger partial charge in [0.05, 0.1) is 0 Å². The number of amidine groups is 1. The maximum Gasteiger partial charge on any atom is 0.122 e. The molecule has 0 amide bonds. The molecule has 0 radical (unpaired) electrons. The van der Waals surface area contributed by atoms with Gasteiger partial charge < -0.3 is 10.6 Å². The Labute approximate surface area is 127 Å². The second-order valence-electron chi connectivity index (χ2n) is 5.25. The van der Waals surface area contributed by atoms with Crippen LogP contribution in [0.1, 0.15) is 24.5 Å². The normalized spacial score (nSPS) is 11.3. The molecule has 0 atom stereocenters. The average molecular weight is 297 g/mol. The summed E-state index contributed by atoms with van der Waals surface area (Å²) in [5, 5.41) is 8.10. The average Bonchev–Trinajstić information content (AvgIpc) is 2.38. The fourth-order valence-electron chi connectivity index (χ4n) is 2.04. The number of nitrogens with one attached hydrogen (secondary N) is 1. The van der Waals surface area contributed by atoms with E-state index in [1.807, 2.05) is 12.1 Å². The molecule has 0 fully saturated rings. The van der Waals surface area contributed by atoms with Gasteiger partial charge in [-0.3, -0.25) is 10.3 Å². The van der Waals surface area contributed by atoms with Crippen molar-refractivity contribution in [3.05, 3.63) is 34.3 Å². The maximum atomic E-state index is 7.42. The molecule has 5 heteroatoms. The van der Waals surface area contributed by atoms with Crippen LogP contribution in [0, 0.1) is 5.41 Å². The molecule has 0 heterocycles. The zero-order valence-corrected chi connectivity index (χ0v) is 13.4. The molecule has 0 aromatic heterocycles. The van der Waals surface area contributed by atoms with E-state index in [9.17, 15) is 0 Å². The first kappa shape index (κ1) is 17.0. The van der Waals surface area contributed by atoms with Crippen molar-refractivity contribution in [2.75, 3.05) is 33.7 Å². The van der Waals surface area contributed by atoms with Gasteiger partial charge in [-0.15, -0.1) is 0 Å². The first-order valence-corrected chi connectivity index (χ1v) is 7.31. The SMILES string of the molecule is CCN(CCCN(C)C)Cc1ccc(C(=N)N)cc1Cl. The summed E-state index contributed by atoms with van der Waals surface area (Å²) >= 11 is 6.27. The number of nitrogens with two attached hydrogens (primary N) is 1. The zero-order chi connectivity index (χ0) is 15.1. The van der Waals surface area contributed by atoms with Gasteiger partial charge in [-0.1, -0.05) is 30.7 Å². The Morgan fingerprint density at radius 1 is 1.30 bits per heavy atom. The van der Waals surface area contributed by atoms with E-state index in [0.29, 0.717) is 10.6 Å². The highest BCUT2D eigenvalue weighted by Gasteiger charge is 2.08. The second kappa shape index (κ2) is 8.25. The first-order chi connectivity index (χ1) is 9.43. The number of halogens is 1. The number of rotatable bonds is 8. The smallest absolute Gasteiger partial charge is 0.122 e. The van der Waals surface area contributed by atoms with E-state index in [1.54, 1.807) is 6.07 Å². The minimum atomic E-state index is 0.0526. The van der Waals surface area contributed by atoms with Gasteiger partial charge in [-0.25, -0.2) is 0 Å². The molecule has 1 aromatic rings. The van der Waals surface area contributed by atoms with Crippen LogP contribution < -0.4 is 5.73 Å². The van der Waals surface area contributed by atoms with Gasteiger partial charge in [-0.05, 0) is 51.8 Å². The molecule has 0 bridgehead atoms. The van der Waals surface area contributed by atoms with Crippen molar-refractivity contribution < 1.29 is 0 Å². The second-order valence-corrected chi connectivity index (χ2v) is 5.65. The largest absolute Gasteiger partial charge is 0.384 e. The number of hydrogen-bond donors (Lipinski definition) is 2. The highest BCUT2D eigenvalue weighted by Crippen LogP contribution is 2.19. The highest BCUT2D eigenvalue weighted by atomic mass is 35.5. The lowest BCUT2D eigenvalue weighted by molar-refractivity contribution is 0.259. The topological polar surface area (TPSA) is 56.4 Å². The van der Waals surface area contributed by atoms with Crippen molar-refractivity contribution in [3.63, 3.8) is 0 Å². The monoisotopic (exact) mass is 296 g/mol. The Kier molecular flexibility index (Phi) is 6.99. The van der Waals surface area contributed by atoms with Gasteiger partial charge in [0.1, 0.15) is 5.84 Å². The Morgan fingerprint density at radius 2 is 2.00 bits per heavy atom. The molecule has 0 spiro atoms. The van der Waals surface area contributed by atoms with Gasteiger partial charge in [0.2, 0.25) is 0 Å². The van der Waals surface area contributed by atoms with E-state index < -0.39 is 0 Å². The molecule has 0 aliphatic rings. The molecule has 1 rings (SSSR count). The molecular formula is C15H25ClN4. The Balaban J connectivity index is 2.63. The third-order valence-corrected chi connectivity index (χ3v) is 3.64. The van der Waals surface area contributed by atoms with Crippen molar-refractivity contribution in [1.29, 1.82) is 5.41 Å². The van der Waals surface area contributed by atoms with Crippen LogP contribution in [0.4, 0.5) is 0 Å². The summed E-state index contributed by atoms with van der Waals surface area (Å²) in [6, 6.07) is 5.60. The van der Waals surface area contributed by atoms with Gasteiger partial charge in [0.25, 0.3) is 0 Å². The fraction of sp³-hybridized carbons (Fsp3) is 0.533. The van der Waals surface area contributed by atoms with Gasteiger partial charge in [0.15, 0.2) is 0 Å². The van der Waals surface area contributed by atoms with Crippen LogP contribution >= 0.6 is 11.6 Å². The molecule has 0 aliphatic heterocycles. The van der Waals surface area contributed by atoms with Crippen molar-refractivity contribution in [2.24, 2.45) is 5.73 Å². The quantitative estimate of drug-likeness (QED) is 0.572. The maximum absolute atomic E-state index is 7.42. The molecular weight excluding hydrogens is 272 g/mol. The summed E-state index contributed by atoms with van der Waals surface area (Å²) in [7, 11) is 4.18. The highest BCUT2D eigenvalue weighted by molar-refractivity contribution is 6.31. The first-order valence-electron chi connectivity index (χ1n) is 6.94. The summed E-state index contributed by atoms with van der Waals surface area (Å²) < 4.78 is 0. The zero-order valence-electron chi connectivity index (χ0n) is 12.6. The summed E-state index contributed by atoms with van der Waals surface area (Å²) in [5.74, 6) is 0.0526. The molecule has 0 aliphatic carbocycles. The molecule has 112 valence electrons. The number of hydrogen-bond acceptors (Lipinski definition) is 3. The number of benzene rings is 1. The van der Waals surface area contributed by atoms with E-state index >= 15 is 0 Å². The molecule has 0 saturated carbocycles. The van der Waals surface area contributed by atoms with E-state index in [0.717, 1.165) is 38.2 Å². The third kappa shape index (κ3) is 5.49. The summed E-state index contributed by atoms with van der Waals surface area (Å²) in [5.41, 5.74) is 7.23. The van der Waals surface area contributed by atoms with Gasteiger partial charge in [-0.2, -0.15) is 0 Å². The summed E-state index contributed by atoms with van der Waals surface area (Å²) in [6.45, 7) is 6.14. The lowest BCUT2D eigenvalue weighted by Gasteiger charge is -2.22. The van der Waals surface area contributed by atoms with E-state index in [-0.39, 0.29) is 5.84 Å². The van der Waals surface area contributed by atoms with Crippen LogP contribution in [0.15, 0.2) is 18.2 Å². The third-order valence-electron chi connectivity index (χ3n) is 3.28. The molecule has 20 heavy (non-hydrogen) atoms. The minimum Gasteiger partial charge on any atom is -0.384 e. The Bertz CT molecular complexity index is 445. The standard InChI is InChI=1S/C15H25ClN4/c1-4-20(9-5-8-19(2)3)11-13-7-6-12(15(17)18)10-14(13)16/h6-7,10H,4-5,8-9,11H2,1-3H3,(H3,17,18). The van der Waals surface area contributed by atoms with Crippen LogP contribution in [0.2, 0.25) is 5.02 Å². The molecule has 3 N–H and O–H groups in total. The minimum absolute atomic E-state index is 0.0526. The van der Waals surface area contributed by atoms with Crippen LogP contribution in [0.25, 0.3) is 0 Å².